The van der Waals surface area contributed by atoms with Crippen LogP contribution in [0.5, 0.6) is 0 Å². The lowest BCUT2D eigenvalue weighted by atomic mass is 10.3. The van der Waals surface area contributed by atoms with Crippen molar-refractivity contribution < 1.29 is 17.3 Å². The van der Waals surface area contributed by atoms with Crippen LogP contribution in [-0.2, 0) is 16.6 Å². The smallest absolute Gasteiger partial charge is 0.243 e. The summed E-state index contributed by atoms with van der Waals surface area (Å²) in [6.07, 6.45) is 0. The van der Waals surface area contributed by atoms with Gasteiger partial charge in [0.05, 0.1) is 12.2 Å². The van der Waals surface area contributed by atoms with Gasteiger partial charge in [0.1, 0.15) is 10.7 Å². The molecule has 3 N–H and O–H groups in total. The topological polar surface area (TPSA) is 111 Å². The van der Waals surface area contributed by atoms with Crippen LogP contribution in [0.15, 0.2) is 27.6 Å². The van der Waals surface area contributed by atoms with Gasteiger partial charge in [-0.15, -0.1) is 0 Å². The SMILES string of the molecule is Cc1nc(CNS(=O)(=O)c2cc(F)ccc2N)no1. The van der Waals surface area contributed by atoms with E-state index in [9.17, 15) is 12.8 Å². The number of halogens is 1. The van der Waals surface area contributed by atoms with Gasteiger partial charge in [0.15, 0.2) is 5.82 Å². The van der Waals surface area contributed by atoms with Crippen LogP contribution >= 0.6 is 0 Å². The molecule has 0 aliphatic carbocycles. The molecule has 2 rings (SSSR count). The molecule has 0 saturated carbocycles. The average molecular weight is 286 g/mol. The van der Waals surface area contributed by atoms with Crippen LogP contribution in [0.3, 0.4) is 0 Å². The molecule has 2 aromatic rings. The van der Waals surface area contributed by atoms with Gasteiger partial charge in [-0.25, -0.2) is 17.5 Å². The first kappa shape index (κ1) is 13.4. The van der Waals surface area contributed by atoms with Crippen molar-refractivity contribution >= 4 is 15.7 Å². The van der Waals surface area contributed by atoms with Crippen molar-refractivity contribution in [3.05, 3.63) is 35.7 Å². The largest absolute Gasteiger partial charge is 0.398 e. The van der Waals surface area contributed by atoms with E-state index in [0.29, 0.717) is 5.89 Å². The zero-order chi connectivity index (χ0) is 14.0. The van der Waals surface area contributed by atoms with E-state index in [0.717, 1.165) is 12.1 Å². The van der Waals surface area contributed by atoms with Gasteiger partial charge < -0.3 is 10.3 Å². The number of hydrogen-bond acceptors (Lipinski definition) is 6. The van der Waals surface area contributed by atoms with Crippen LogP contribution in [0.1, 0.15) is 11.7 Å². The molecule has 0 fully saturated rings. The molecule has 7 nitrogen and oxygen atoms in total. The minimum atomic E-state index is -3.94. The number of rotatable bonds is 4. The molecule has 0 amide bonds. The molecule has 0 radical (unpaired) electrons. The molecule has 0 bridgehead atoms. The number of anilines is 1. The summed E-state index contributed by atoms with van der Waals surface area (Å²) in [7, 11) is -3.94. The maximum absolute atomic E-state index is 13.1. The Balaban J connectivity index is 2.20. The Morgan fingerprint density at radius 1 is 1.47 bits per heavy atom. The molecule has 19 heavy (non-hydrogen) atoms. The van der Waals surface area contributed by atoms with Gasteiger partial charge in [0.2, 0.25) is 15.9 Å². The van der Waals surface area contributed by atoms with Gasteiger partial charge in [-0.1, -0.05) is 5.16 Å². The fraction of sp³-hybridized carbons (Fsp3) is 0.200. The first-order valence-electron chi connectivity index (χ1n) is 5.22. The quantitative estimate of drug-likeness (QED) is 0.795. The van der Waals surface area contributed by atoms with Gasteiger partial charge >= 0.3 is 0 Å². The van der Waals surface area contributed by atoms with E-state index in [2.05, 4.69) is 14.9 Å². The molecule has 0 spiro atoms. The van der Waals surface area contributed by atoms with E-state index in [-0.39, 0.29) is 23.0 Å². The number of aromatic nitrogens is 2. The number of nitrogens with zero attached hydrogens (tertiary/aromatic N) is 2. The number of benzene rings is 1. The van der Waals surface area contributed by atoms with Crippen molar-refractivity contribution in [3.63, 3.8) is 0 Å². The fourth-order valence-corrected chi connectivity index (χ4v) is 2.51. The standard InChI is InChI=1S/C10H11FN4O3S/c1-6-14-10(15-18-6)5-13-19(16,17)9-4-7(11)2-3-8(9)12/h2-4,13H,5,12H2,1H3. The average Bonchev–Trinajstić information content (AvgIpc) is 2.76. The number of hydrogen-bond donors (Lipinski definition) is 2. The lowest BCUT2D eigenvalue weighted by Gasteiger charge is -2.07. The van der Waals surface area contributed by atoms with E-state index >= 15 is 0 Å². The summed E-state index contributed by atoms with van der Waals surface area (Å²) in [6, 6.07) is 3.11. The predicted molar refractivity (Wildman–Crippen MR) is 63.9 cm³/mol. The lowest BCUT2D eigenvalue weighted by molar-refractivity contribution is 0.387. The van der Waals surface area contributed by atoms with Gasteiger partial charge in [-0.3, -0.25) is 0 Å². The molecule has 0 unspecified atom stereocenters. The molecule has 1 heterocycles. The Kier molecular flexibility index (Phi) is 3.49. The highest BCUT2D eigenvalue weighted by Gasteiger charge is 2.19. The minimum absolute atomic E-state index is 0.0433. The van der Waals surface area contributed by atoms with Crippen molar-refractivity contribution in [2.24, 2.45) is 0 Å². The van der Waals surface area contributed by atoms with E-state index < -0.39 is 15.8 Å². The van der Waals surface area contributed by atoms with Crippen molar-refractivity contribution in [3.8, 4) is 0 Å². The number of aryl methyl sites for hydroxylation is 1. The van der Waals surface area contributed by atoms with Crippen molar-refractivity contribution in [1.29, 1.82) is 0 Å². The third-order valence-corrected chi connectivity index (χ3v) is 3.71. The second-order valence-electron chi connectivity index (χ2n) is 3.74. The molecule has 0 aliphatic heterocycles. The fourth-order valence-electron chi connectivity index (χ4n) is 1.39. The number of nitrogens with one attached hydrogen (secondary N) is 1. The van der Waals surface area contributed by atoms with Crippen LogP contribution < -0.4 is 10.5 Å². The van der Waals surface area contributed by atoms with Crippen molar-refractivity contribution in [2.75, 3.05) is 5.73 Å². The van der Waals surface area contributed by atoms with Gasteiger partial charge in [-0.05, 0) is 18.2 Å². The van der Waals surface area contributed by atoms with E-state index in [1.54, 1.807) is 6.92 Å². The second-order valence-corrected chi connectivity index (χ2v) is 5.47. The molecule has 0 aliphatic rings. The molecular weight excluding hydrogens is 275 g/mol. The Morgan fingerprint density at radius 2 is 2.21 bits per heavy atom. The van der Waals surface area contributed by atoms with Crippen molar-refractivity contribution in [1.82, 2.24) is 14.9 Å². The molecule has 1 aromatic heterocycles. The maximum atomic E-state index is 13.1. The van der Waals surface area contributed by atoms with E-state index in [1.165, 1.54) is 6.07 Å². The third-order valence-electron chi connectivity index (χ3n) is 2.26. The van der Waals surface area contributed by atoms with Crippen LogP contribution in [0.2, 0.25) is 0 Å². The molecule has 0 saturated heterocycles. The molecule has 102 valence electrons. The Labute approximate surface area is 108 Å². The monoisotopic (exact) mass is 286 g/mol. The Hall–Kier alpha value is -2.00. The van der Waals surface area contributed by atoms with Crippen molar-refractivity contribution in [2.45, 2.75) is 18.4 Å². The van der Waals surface area contributed by atoms with Crippen LogP contribution in [0, 0.1) is 12.7 Å². The Bertz CT molecular complexity index is 699. The molecular formula is C10H11FN4O3S. The van der Waals surface area contributed by atoms with Crippen LogP contribution in [0.25, 0.3) is 0 Å². The summed E-state index contributed by atoms with van der Waals surface area (Å²) < 4.78 is 43.9. The van der Waals surface area contributed by atoms with E-state index in [4.69, 9.17) is 10.3 Å². The summed E-state index contributed by atoms with van der Waals surface area (Å²) in [5.74, 6) is -0.194. The molecule has 0 atom stereocenters. The van der Waals surface area contributed by atoms with Gasteiger partial charge in [-0.2, -0.15) is 4.98 Å². The van der Waals surface area contributed by atoms with Gasteiger partial charge in [0, 0.05) is 6.92 Å². The Morgan fingerprint density at radius 3 is 2.84 bits per heavy atom. The first-order chi connectivity index (χ1) is 8.88. The van der Waals surface area contributed by atoms with Gasteiger partial charge in [0.25, 0.3) is 0 Å². The second kappa shape index (κ2) is 4.94. The highest BCUT2D eigenvalue weighted by atomic mass is 32.2. The summed E-state index contributed by atoms with van der Waals surface area (Å²) in [5, 5.41) is 3.53. The highest BCUT2D eigenvalue weighted by Crippen LogP contribution is 2.19. The predicted octanol–water partition coefficient (Wildman–Crippen LogP) is 0.578. The maximum Gasteiger partial charge on any atom is 0.243 e. The highest BCUT2D eigenvalue weighted by molar-refractivity contribution is 7.89. The van der Waals surface area contributed by atoms with Crippen LogP contribution in [-0.4, -0.2) is 18.6 Å². The third kappa shape index (κ3) is 3.06. The van der Waals surface area contributed by atoms with E-state index in [1.807, 2.05) is 0 Å². The number of sulfonamides is 1. The summed E-state index contributed by atoms with van der Waals surface area (Å²) in [6.45, 7) is 1.41. The number of nitrogens with two attached hydrogens (primary N) is 1. The summed E-state index contributed by atoms with van der Waals surface area (Å²) >= 11 is 0. The lowest BCUT2D eigenvalue weighted by Crippen LogP contribution is -2.24. The summed E-state index contributed by atoms with van der Waals surface area (Å²) in [5.41, 5.74) is 5.47. The minimum Gasteiger partial charge on any atom is -0.398 e. The zero-order valence-corrected chi connectivity index (χ0v) is 10.7. The zero-order valence-electron chi connectivity index (χ0n) is 9.92. The van der Waals surface area contributed by atoms with Crippen LogP contribution in [0.4, 0.5) is 10.1 Å². The number of nitrogen functional groups attached to an aromatic ring is 1. The summed E-state index contributed by atoms with van der Waals surface area (Å²) in [4.78, 5) is 3.51. The normalized spacial score (nSPS) is 11.7. The first-order valence-corrected chi connectivity index (χ1v) is 6.71. The molecule has 9 heteroatoms. The molecule has 1 aromatic carbocycles.